The number of nitrogens with zero attached hydrogens (tertiary/aromatic N) is 4. The van der Waals surface area contributed by atoms with Gasteiger partial charge in [0.2, 0.25) is 5.91 Å². The Hall–Kier alpha value is -4.72. The van der Waals surface area contributed by atoms with E-state index in [1.807, 2.05) is 60.7 Å². The Morgan fingerprint density at radius 2 is 1.57 bits per heavy atom. The van der Waals surface area contributed by atoms with Crippen LogP contribution in [0.5, 0.6) is 0 Å². The average Bonchev–Trinajstić information content (AvgIpc) is 3.61. The highest BCUT2D eigenvalue weighted by Gasteiger charge is 2.29. The van der Waals surface area contributed by atoms with E-state index in [0.29, 0.717) is 37.3 Å². The number of H-pyrrole nitrogens is 1. The summed E-state index contributed by atoms with van der Waals surface area (Å²) in [5.41, 5.74) is 5.28. The van der Waals surface area contributed by atoms with Crippen LogP contribution in [0.3, 0.4) is 0 Å². The first-order chi connectivity index (χ1) is 18.1. The number of hydrogen-bond acceptors (Lipinski definition) is 4. The Morgan fingerprint density at radius 1 is 0.838 bits per heavy atom. The lowest BCUT2D eigenvalue weighted by molar-refractivity contribution is -0.119. The number of carbonyl (C=O) groups excluding carboxylic acids is 3. The van der Waals surface area contributed by atoms with Crippen molar-refractivity contribution in [2.75, 3.05) is 24.5 Å². The average molecular weight is 492 g/mol. The van der Waals surface area contributed by atoms with E-state index in [2.05, 4.69) is 9.97 Å². The maximum absolute atomic E-state index is 13.5. The molecule has 0 fully saturated rings. The second kappa shape index (κ2) is 9.39. The topological polar surface area (TPSA) is 89.6 Å². The number of fused-ring (bicyclic) bond motifs is 2. The molecule has 0 unspecified atom stereocenters. The van der Waals surface area contributed by atoms with Gasteiger partial charge in [-0.1, -0.05) is 42.5 Å². The molecule has 3 aromatic carbocycles. The van der Waals surface area contributed by atoms with Gasteiger partial charge in [-0.15, -0.1) is 0 Å². The molecule has 6 rings (SSSR count). The summed E-state index contributed by atoms with van der Waals surface area (Å²) in [6.45, 7) is 1.90. The second-order valence-electron chi connectivity index (χ2n) is 9.28. The number of imidazole rings is 1. The molecular weight excluding hydrogens is 466 g/mol. The van der Waals surface area contributed by atoms with Crippen molar-refractivity contribution in [1.29, 1.82) is 0 Å². The van der Waals surface area contributed by atoms with Crippen LogP contribution in [0.4, 0.5) is 5.69 Å². The van der Waals surface area contributed by atoms with Gasteiger partial charge in [-0.05, 0) is 47.5 Å². The molecule has 0 saturated carbocycles. The molecule has 0 saturated heterocycles. The Balaban J connectivity index is 1.24. The molecule has 3 amide bonds. The summed E-state index contributed by atoms with van der Waals surface area (Å²) < 4.78 is 0. The molecule has 2 aliphatic rings. The molecule has 8 nitrogen and oxygen atoms in total. The number of aromatic nitrogens is 2. The number of carbonyl (C=O) groups is 3. The van der Waals surface area contributed by atoms with Crippen LogP contribution in [-0.2, 0) is 17.9 Å². The maximum atomic E-state index is 13.5. The van der Waals surface area contributed by atoms with Gasteiger partial charge in [0.15, 0.2) is 0 Å². The molecule has 3 heterocycles. The minimum absolute atomic E-state index is 0.00443. The Labute approximate surface area is 213 Å². The number of anilines is 1. The minimum Gasteiger partial charge on any atom is -0.345 e. The SMILES string of the molecule is O=C(c1ccc(CN2C(=O)CN(C(=O)c3ccc4nc[nH]c4c3)Cc3ccccc32)cc1)N1CC=CC1. The third-order valence-electron chi connectivity index (χ3n) is 6.87. The third kappa shape index (κ3) is 4.38. The first-order valence-corrected chi connectivity index (χ1v) is 12.2. The lowest BCUT2D eigenvalue weighted by atomic mass is 10.1. The number of aromatic amines is 1. The molecule has 1 aromatic heterocycles. The monoisotopic (exact) mass is 491 g/mol. The summed E-state index contributed by atoms with van der Waals surface area (Å²) >= 11 is 0. The van der Waals surface area contributed by atoms with Crippen molar-refractivity contribution >= 4 is 34.4 Å². The molecule has 1 N–H and O–H groups in total. The molecule has 0 spiro atoms. The van der Waals surface area contributed by atoms with E-state index in [-0.39, 0.29) is 24.3 Å². The van der Waals surface area contributed by atoms with Crippen molar-refractivity contribution in [1.82, 2.24) is 19.8 Å². The van der Waals surface area contributed by atoms with E-state index in [0.717, 1.165) is 27.8 Å². The zero-order valence-corrected chi connectivity index (χ0v) is 20.1. The van der Waals surface area contributed by atoms with Crippen LogP contribution in [0, 0.1) is 0 Å². The van der Waals surface area contributed by atoms with Crippen LogP contribution in [0.25, 0.3) is 11.0 Å². The zero-order valence-electron chi connectivity index (χ0n) is 20.1. The van der Waals surface area contributed by atoms with Gasteiger partial charge in [-0.2, -0.15) is 0 Å². The summed E-state index contributed by atoms with van der Waals surface area (Å²) in [7, 11) is 0. The van der Waals surface area contributed by atoms with Gasteiger partial charge >= 0.3 is 0 Å². The predicted molar refractivity (Wildman–Crippen MR) is 140 cm³/mol. The molecule has 2 aliphatic heterocycles. The number of benzene rings is 3. The van der Waals surface area contributed by atoms with Crippen molar-refractivity contribution in [3.63, 3.8) is 0 Å². The zero-order chi connectivity index (χ0) is 25.4. The first kappa shape index (κ1) is 22.7. The van der Waals surface area contributed by atoms with Crippen molar-refractivity contribution in [3.8, 4) is 0 Å². The second-order valence-corrected chi connectivity index (χ2v) is 9.28. The van der Waals surface area contributed by atoms with E-state index in [1.54, 1.807) is 39.2 Å². The van der Waals surface area contributed by atoms with E-state index >= 15 is 0 Å². The molecule has 4 aromatic rings. The maximum Gasteiger partial charge on any atom is 0.254 e. The van der Waals surface area contributed by atoms with Gasteiger partial charge in [-0.25, -0.2) is 4.98 Å². The van der Waals surface area contributed by atoms with Gasteiger partial charge in [0, 0.05) is 36.4 Å². The number of para-hydroxylation sites is 1. The minimum atomic E-state index is -0.208. The van der Waals surface area contributed by atoms with Crippen molar-refractivity contribution in [2.24, 2.45) is 0 Å². The van der Waals surface area contributed by atoms with Crippen LogP contribution in [-0.4, -0.2) is 57.1 Å². The molecule has 0 bridgehead atoms. The van der Waals surface area contributed by atoms with Crippen molar-refractivity contribution < 1.29 is 14.4 Å². The fourth-order valence-corrected chi connectivity index (χ4v) is 4.88. The summed E-state index contributed by atoms with van der Waals surface area (Å²) in [6, 6.07) is 20.4. The van der Waals surface area contributed by atoms with E-state index in [1.165, 1.54) is 0 Å². The van der Waals surface area contributed by atoms with E-state index in [9.17, 15) is 14.4 Å². The Kier molecular flexibility index (Phi) is 5.76. The lowest BCUT2D eigenvalue weighted by Gasteiger charge is -2.23. The lowest BCUT2D eigenvalue weighted by Crippen LogP contribution is -2.39. The summed E-state index contributed by atoms with van der Waals surface area (Å²) in [6.07, 6.45) is 5.56. The van der Waals surface area contributed by atoms with E-state index < -0.39 is 0 Å². The van der Waals surface area contributed by atoms with Crippen LogP contribution in [0.15, 0.2) is 85.2 Å². The smallest absolute Gasteiger partial charge is 0.254 e. The Morgan fingerprint density at radius 3 is 2.38 bits per heavy atom. The van der Waals surface area contributed by atoms with Crippen LogP contribution in [0.2, 0.25) is 0 Å². The fourth-order valence-electron chi connectivity index (χ4n) is 4.88. The highest BCUT2D eigenvalue weighted by Crippen LogP contribution is 2.28. The molecule has 0 radical (unpaired) electrons. The number of hydrogen-bond donors (Lipinski definition) is 1. The normalized spacial score (nSPS) is 15.2. The van der Waals surface area contributed by atoms with Crippen LogP contribution >= 0.6 is 0 Å². The predicted octanol–water partition coefficient (Wildman–Crippen LogP) is 3.76. The van der Waals surface area contributed by atoms with Gasteiger partial charge < -0.3 is 19.7 Å². The summed E-state index contributed by atoms with van der Waals surface area (Å²) in [5.74, 6) is -0.375. The third-order valence-corrected chi connectivity index (χ3v) is 6.87. The highest BCUT2D eigenvalue weighted by molar-refractivity contribution is 6.03. The molecule has 0 atom stereocenters. The Bertz CT molecular complexity index is 1530. The van der Waals surface area contributed by atoms with Gasteiger partial charge in [-0.3, -0.25) is 14.4 Å². The summed E-state index contributed by atoms with van der Waals surface area (Å²) in [4.78, 5) is 51.9. The fraction of sp³-hybridized carbons (Fsp3) is 0.172. The van der Waals surface area contributed by atoms with Crippen LogP contribution in [0.1, 0.15) is 31.8 Å². The van der Waals surface area contributed by atoms with Crippen LogP contribution < -0.4 is 4.90 Å². The summed E-state index contributed by atoms with van der Waals surface area (Å²) in [5, 5.41) is 0. The van der Waals surface area contributed by atoms with E-state index in [4.69, 9.17) is 0 Å². The molecule has 184 valence electrons. The largest absolute Gasteiger partial charge is 0.345 e. The van der Waals surface area contributed by atoms with Gasteiger partial charge in [0.25, 0.3) is 11.8 Å². The number of nitrogens with one attached hydrogen (secondary N) is 1. The van der Waals surface area contributed by atoms with Gasteiger partial charge in [0.05, 0.1) is 23.9 Å². The molecule has 37 heavy (non-hydrogen) atoms. The highest BCUT2D eigenvalue weighted by atomic mass is 16.2. The van der Waals surface area contributed by atoms with Crippen molar-refractivity contribution in [2.45, 2.75) is 13.1 Å². The standard InChI is InChI=1S/C29H25N5O3/c35-27-18-33(29(37)22-11-12-24-25(15-22)31-19-30-24)17-23-5-1-2-6-26(23)34(27)16-20-7-9-21(10-8-20)28(36)32-13-3-4-14-32/h1-12,15,19H,13-14,16-18H2,(H,30,31). The van der Waals surface area contributed by atoms with Gasteiger partial charge in [0.1, 0.15) is 6.54 Å². The number of rotatable bonds is 4. The number of amides is 3. The molecular formula is C29H25N5O3. The molecule has 0 aliphatic carbocycles. The quantitative estimate of drug-likeness (QED) is 0.440. The molecule has 8 heteroatoms. The first-order valence-electron chi connectivity index (χ1n) is 12.2. The van der Waals surface area contributed by atoms with Crippen molar-refractivity contribution in [3.05, 3.63) is 107 Å².